The van der Waals surface area contributed by atoms with E-state index in [1.54, 1.807) is 12.1 Å². The number of rotatable bonds is 7. The number of amides is 1. The lowest BCUT2D eigenvalue weighted by atomic mass is 10.0. The van der Waals surface area contributed by atoms with Crippen LogP contribution in [-0.2, 0) is 11.2 Å². The monoisotopic (exact) mass is 422 g/mol. The Hall–Kier alpha value is -3.31. The van der Waals surface area contributed by atoms with Crippen LogP contribution in [0.15, 0.2) is 65.8 Å². The molecular weight excluding hydrogens is 400 g/mol. The van der Waals surface area contributed by atoms with Gasteiger partial charge in [0.1, 0.15) is 11.5 Å². The van der Waals surface area contributed by atoms with Gasteiger partial charge in [0.05, 0.1) is 6.21 Å². The first-order valence-electron chi connectivity index (χ1n) is 9.49. The second-order valence-corrected chi connectivity index (χ2v) is 7.40. The lowest BCUT2D eigenvalue weighted by Crippen LogP contribution is -2.24. The summed E-state index contributed by atoms with van der Waals surface area (Å²) in [5.74, 6) is 0.306. The molecule has 6 heteroatoms. The number of hydrogen-bond acceptors (Lipinski definition) is 4. The first kappa shape index (κ1) is 21.4. The van der Waals surface area contributed by atoms with Gasteiger partial charge in [0.2, 0.25) is 0 Å². The lowest BCUT2D eigenvalue weighted by molar-refractivity contribution is -0.123. The number of halogens is 1. The Balaban J connectivity index is 1.57. The van der Waals surface area contributed by atoms with Gasteiger partial charge in [0.25, 0.3) is 5.91 Å². The van der Waals surface area contributed by atoms with E-state index in [1.807, 2.05) is 62.4 Å². The number of carbonyl (C=O) groups is 1. The number of nitrogens with zero attached hydrogens (tertiary/aromatic N) is 1. The summed E-state index contributed by atoms with van der Waals surface area (Å²) in [6, 6.07) is 18.5. The van der Waals surface area contributed by atoms with Crippen molar-refractivity contribution in [2.24, 2.45) is 5.10 Å². The van der Waals surface area contributed by atoms with Gasteiger partial charge in [-0.3, -0.25) is 4.79 Å². The second kappa shape index (κ2) is 9.94. The molecule has 0 atom stereocenters. The molecule has 30 heavy (non-hydrogen) atoms. The molecule has 0 aliphatic carbocycles. The Kier molecular flexibility index (Phi) is 7.09. The highest BCUT2D eigenvalue weighted by Crippen LogP contribution is 2.22. The van der Waals surface area contributed by atoms with Crippen LogP contribution in [0.1, 0.15) is 27.8 Å². The van der Waals surface area contributed by atoms with E-state index in [-0.39, 0.29) is 12.4 Å². The number of benzene rings is 3. The molecule has 0 aromatic heterocycles. The zero-order valence-corrected chi connectivity index (χ0v) is 17.6. The van der Waals surface area contributed by atoms with E-state index >= 15 is 0 Å². The normalized spacial score (nSPS) is 10.9. The molecule has 0 fully saturated rings. The molecule has 0 aliphatic rings. The number of phenols is 1. The molecule has 0 unspecified atom stereocenters. The number of nitrogens with one attached hydrogen (secondary N) is 1. The molecule has 0 radical (unpaired) electrons. The number of aryl methyl sites for hydroxylation is 2. The molecule has 3 aromatic carbocycles. The molecular formula is C24H23ClN2O3. The van der Waals surface area contributed by atoms with Crippen LogP contribution in [0.5, 0.6) is 11.5 Å². The molecule has 5 nitrogen and oxygen atoms in total. The van der Waals surface area contributed by atoms with Crippen molar-refractivity contribution in [2.45, 2.75) is 20.3 Å². The van der Waals surface area contributed by atoms with Crippen molar-refractivity contribution < 1.29 is 14.6 Å². The number of hydrazone groups is 1. The molecule has 3 rings (SSSR count). The summed E-state index contributed by atoms with van der Waals surface area (Å²) >= 11 is 6.22. The minimum atomic E-state index is -0.392. The molecule has 0 bridgehead atoms. The number of hydrogen-bond donors (Lipinski definition) is 2. The lowest BCUT2D eigenvalue weighted by Gasteiger charge is -2.08. The summed E-state index contributed by atoms with van der Waals surface area (Å²) in [5, 5.41) is 14.7. The van der Waals surface area contributed by atoms with E-state index in [2.05, 4.69) is 10.5 Å². The molecule has 2 N–H and O–H groups in total. The standard InChI is InChI=1S/C24H23ClN2O3/c1-16-7-9-21(11-17(16)2)30-15-24(29)27-26-14-20-13-18(8-10-23(20)28)12-19-5-3-4-6-22(19)25/h3-11,13-14,28H,12,15H2,1-2H3,(H,27,29)/b26-14-. The highest BCUT2D eigenvalue weighted by Gasteiger charge is 2.06. The van der Waals surface area contributed by atoms with Gasteiger partial charge in [-0.15, -0.1) is 0 Å². The summed E-state index contributed by atoms with van der Waals surface area (Å²) < 4.78 is 5.48. The van der Waals surface area contributed by atoms with Crippen LogP contribution in [0.2, 0.25) is 5.02 Å². The Bertz CT molecular complexity index is 1080. The summed E-state index contributed by atoms with van der Waals surface area (Å²) in [7, 11) is 0. The van der Waals surface area contributed by atoms with Gasteiger partial charge >= 0.3 is 0 Å². The first-order valence-corrected chi connectivity index (χ1v) is 9.87. The Morgan fingerprint density at radius 1 is 1.10 bits per heavy atom. The highest BCUT2D eigenvalue weighted by atomic mass is 35.5. The highest BCUT2D eigenvalue weighted by molar-refractivity contribution is 6.31. The molecule has 0 saturated carbocycles. The maximum Gasteiger partial charge on any atom is 0.277 e. The van der Waals surface area contributed by atoms with Gasteiger partial charge in [0, 0.05) is 10.6 Å². The van der Waals surface area contributed by atoms with E-state index in [1.165, 1.54) is 6.21 Å². The van der Waals surface area contributed by atoms with Gasteiger partial charge in [-0.05, 0) is 72.9 Å². The fraction of sp³-hybridized carbons (Fsp3) is 0.167. The van der Waals surface area contributed by atoms with Gasteiger partial charge in [-0.2, -0.15) is 5.10 Å². The van der Waals surface area contributed by atoms with E-state index in [4.69, 9.17) is 16.3 Å². The van der Waals surface area contributed by atoms with Crippen molar-refractivity contribution in [3.05, 3.63) is 93.5 Å². The Morgan fingerprint density at radius 3 is 2.67 bits per heavy atom. The fourth-order valence-corrected chi connectivity index (χ4v) is 3.04. The molecule has 0 aliphatic heterocycles. The molecule has 3 aromatic rings. The predicted octanol–water partition coefficient (Wildman–Crippen LogP) is 4.78. The number of carbonyl (C=O) groups excluding carboxylic acids is 1. The molecule has 0 spiro atoms. The SMILES string of the molecule is Cc1ccc(OCC(=O)N/N=C\c2cc(Cc3ccccc3Cl)ccc2O)cc1C. The van der Waals surface area contributed by atoms with Crippen LogP contribution < -0.4 is 10.2 Å². The average molecular weight is 423 g/mol. The van der Waals surface area contributed by atoms with E-state index in [0.717, 1.165) is 22.3 Å². The minimum Gasteiger partial charge on any atom is -0.507 e. The van der Waals surface area contributed by atoms with Gasteiger partial charge in [0.15, 0.2) is 6.61 Å². The van der Waals surface area contributed by atoms with Gasteiger partial charge < -0.3 is 9.84 Å². The third-order valence-electron chi connectivity index (χ3n) is 4.69. The maximum atomic E-state index is 12.0. The molecule has 1 amide bonds. The van der Waals surface area contributed by atoms with Crippen LogP contribution in [-0.4, -0.2) is 23.8 Å². The zero-order valence-electron chi connectivity index (χ0n) is 16.9. The van der Waals surface area contributed by atoms with Crippen LogP contribution in [0.25, 0.3) is 0 Å². The topological polar surface area (TPSA) is 70.9 Å². The third-order valence-corrected chi connectivity index (χ3v) is 5.05. The third kappa shape index (κ3) is 5.84. The first-order chi connectivity index (χ1) is 14.4. The molecule has 0 heterocycles. The average Bonchev–Trinajstić information content (AvgIpc) is 2.73. The second-order valence-electron chi connectivity index (χ2n) is 6.99. The number of phenolic OH excluding ortho intramolecular Hbond substituents is 1. The van der Waals surface area contributed by atoms with Crippen molar-refractivity contribution in [1.29, 1.82) is 0 Å². The summed E-state index contributed by atoms with van der Waals surface area (Å²) in [5.41, 5.74) is 7.11. The van der Waals surface area contributed by atoms with E-state index in [0.29, 0.717) is 22.8 Å². The van der Waals surface area contributed by atoms with E-state index < -0.39 is 5.91 Å². The molecule has 0 saturated heterocycles. The van der Waals surface area contributed by atoms with Crippen molar-refractivity contribution in [1.82, 2.24) is 5.43 Å². The van der Waals surface area contributed by atoms with Crippen molar-refractivity contribution in [3.63, 3.8) is 0 Å². The van der Waals surface area contributed by atoms with Gasteiger partial charge in [-0.25, -0.2) is 5.43 Å². The number of ether oxygens (including phenoxy) is 1. The van der Waals surface area contributed by atoms with Crippen LogP contribution in [0.4, 0.5) is 0 Å². The van der Waals surface area contributed by atoms with Crippen LogP contribution in [0, 0.1) is 13.8 Å². The van der Waals surface area contributed by atoms with Crippen molar-refractivity contribution in [3.8, 4) is 11.5 Å². The van der Waals surface area contributed by atoms with Crippen molar-refractivity contribution in [2.75, 3.05) is 6.61 Å². The quantitative estimate of drug-likeness (QED) is 0.425. The predicted molar refractivity (Wildman–Crippen MR) is 120 cm³/mol. The van der Waals surface area contributed by atoms with Gasteiger partial charge in [-0.1, -0.05) is 41.9 Å². The zero-order chi connectivity index (χ0) is 21.5. The summed E-state index contributed by atoms with van der Waals surface area (Å²) in [4.78, 5) is 12.0. The fourth-order valence-electron chi connectivity index (χ4n) is 2.84. The minimum absolute atomic E-state index is 0.0716. The summed E-state index contributed by atoms with van der Waals surface area (Å²) in [6.07, 6.45) is 2.02. The Labute approximate surface area is 181 Å². The Morgan fingerprint density at radius 2 is 1.90 bits per heavy atom. The summed E-state index contributed by atoms with van der Waals surface area (Å²) in [6.45, 7) is 3.84. The van der Waals surface area contributed by atoms with E-state index in [9.17, 15) is 9.90 Å². The smallest absolute Gasteiger partial charge is 0.277 e. The van der Waals surface area contributed by atoms with Crippen LogP contribution in [0.3, 0.4) is 0 Å². The molecule has 154 valence electrons. The van der Waals surface area contributed by atoms with Crippen molar-refractivity contribution >= 4 is 23.7 Å². The van der Waals surface area contributed by atoms with Crippen LogP contribution >= 0.6 is 11.6 Å². The number of aromatic hydroxyl groups is 1. The maximum absolute atomic E-state index is 12.0. The largest absolute Gasteiger partial charge is 0.507 e.